The van der Waals surface area contributed by atoms with Gasteiger partial charge in [0.05, 0.1) is 0 Å². The van der Waals surface area contributed by atoms with Gasteiger partial charge in [0.1, 0.15) is 0 Å². The molecule has 0 amide bonds. The van der Waals surface area contributed by atoms with Gasteiger partial charge < -0.3 is 16.0 Å². The van der Waals surface area contributed by atoms with Crippen molar-refractivity contribution in [1.82, 2.24) is 5.32 Å². The van der Waals surface area contributed by atoms with E-state index < -0.39 is 0 Å². The Kier molecular flexibility index (Phi) is 4.48. The van der Waals surface area contributed by atoms with Crippen molar-refractivity contribution in [3.05, 3.63) is 35.0 Å². The van der Waals surface area contributed by atoms with E-state index in [0.29, 0.717) is 6.54 Å². The fraction of sp³-hybridized carbons (Fsp3) is 0.500. The Morgan fingerprint density at radius 3 is 2.89 bits per heavy atom. The van der Waals surface area contributed by atoms with Crippen molar-refractivity contribution in [2.45, 2.75) is 26.2 Å². The van der Waals surface area contributed by atoms with Gasteiger partial charge in [-0.15, -0.1) is 0 Å². The fourth-order valence-corrected chi connectivity index (χ4v) is 2.87. The molecule has 0 radical (unpaired) electrons. The minimum absolute atomic E-state index is 0.572. The van der Waals surface area contributed by atoms with Crippen LogP contribution in [0, 0.1) is 0 Å². The molecule has 19 heavy (non-hydrogen) atoms. The second-order valence-electron chi connectivity index (χ2n) is 5.18. The molecule has 3 N–H and O–H groups in total. The van der Waals surface area contributed by atoms with Crippen LogP contribution in [0.2, 0.25) is 0 Å². The van der Waals surface area contributed by atoms with E-state index in [9.17, 15) is 0 Å². The average molecular weight is 259 g/mol. The van der Waals surface area contributed by atoms with Crippen LogP contribution in [0.25, 0.3) is 5.57 Å². The molecule has 1 aliphatic rings. The minimum Gasteiger partial charge on any atom is -0.394 e. The average Bonchev–Trinajstić information content (AvgIpc) is 2.44. The van der Waals surface area contributed by atoms with Gasteiger partial charge in [0.25, 0.3) is 0 Å². The first kappa shape index (κ1) is 13.9. The van der Waals surface area contributed by atoms with Crippen LogP contribution < -0.4 is 16.0 Å². The molecule has 0 aliphatic carbocycles. The van der Waals surface area contributed by atoms with Gasteiger partial charge >= 0.3 is 0 Å². The normalized spacial score (nSPS) is 15.4. The third-order valence-corrected chi connectivity index (χ3v) is 3.92. The molecule has 2 rings (SSSR count). The first-order valence-electron chi connectivity index (χ1n) is 7.15. The molecular formula is C16H25N3. The Morgan fingerprint density at radius 2 is 2.26 bits per heavy atom. The number of nitrogens with zero attached hydrogens (tertiary/aromatic N) is 1. The predicted octanol–water partition coefficient (Wildman–Crippen LogP) is 2.15. The van der Waals surface area contributed by atoms with E-state index in [2.05, 4.69) is 36.3 Å². The molecule has 0 atom stereocenters. The number of nitrogens with one attached hydrogen (secondary N) is 1. The molecular weight excluding hydrogens is 234 g/mol. The lowest BCUT2D eigenvalue weighted by Crippen LogP contribution is -2.25. The number of anilines is 1. The second-order valence-corrected chi connectivity index (χ2v) is 5.18. The molecule has 0 aromatic heterocycles. The van der Waals surface area contributed by atoms with Crippen molar-refractivity contribution in [2.75, 3.05) is 32.1 Å². The summed E-state index contributed by atoms with van der Waals surface area (Å²) in [4.78, 5) is 2.37. The molecule has 0 saturated carbocycles. The number of hydrogen-bond donors (Lipinski definition) is 2. The monoisotopic (exact) mass is 259 g/mol. The summed E-state index contributed by atoms with van der Waals surface area (Å²) in [5, 5.41) is 3.10. The van der Waals surface area contributed by atoms with Gasteiger partial charge in [0.2, 0.25) is 0 Å². The van der Waals surface area contributed by atoms with Crippen molar-refractivity contribution >= 4 is 11.3 Å². The standard InChI is InChI=1S/C16H25N3/c1-4-12-9-16-13(6-5-7-19(16)3)8-15(12)14(10-17)11-18-2/h8-9,11,18H,4-7,10,17H2,1-3H3/b14-11+. The highest BCUT2D eigenvalue weighted by Crippen LogP contribution is 2.32. The summed E-state index contributed by atoms with van der Waals surface area (Å²) >= 11 is 0. The largest absolute Gasteiger partial charge is 0.394 e. The fourth-order valence-electron chi connectivity index (χ4n) is 2.87. The first-order valence-corrected chi connectivity index (χ1v) is 7.15. The van der Waals surface area contributed by atoms with Gasteiger partial charge in [-0.05, 0) is 53.7 Å². The highest BCUT2D eigenvalue weighted by Gasteiger charge is 2.17. The molecule has 1 aromatic rings. The number of fused-ring (bicyclic) bond motifs is 1. The van der Waals surface area contributed by atoms with Crippen LogP contribution in [-0.2, 0) is 12.8 Å². The van der Waals surface area contributed by atoms with Crippen molar-refractivity contribution in [3.8, 4) is 0 Å². The van der Waals surface area contributed by atoms with Gasteiger partial charge in [-0.3, -0.25) is 0 Å². The zero-order chi connectivity index (χ0) is 13.8. The van der Waals surface area contributed by atoms with Gasteiger partial charge in [-0.1, -0.05) is 6.92 Å². The maximum Gasteiger partial charge on any atom is 0.0399 e. The Balaban J connectivity index is 2.52. The molecule has 104 valence electrons. The lowest BCUT2D eigenvalue weighted by atomic mass is 9.91. The number of nitrogens with two attached hydrogens (primary N) is 1. The molecule has 0 fully saturated rings. The maximum atomic E-state index is 5.90. The number of hydrogen-bond acceptors (Lipinski definition) is 3. The Labute approximate surface area is 116 Å². The Hall–Kier alpha value is -1.48. The lowest BCUT2D eigenvalue weighted by Gasteiger charge is -2.29. The highest BCUT2D eigenvalue weighted by molar-refractivity contribution is 5.73. The van der Waals surface area contributed by atoms with Crippen LogP contribution in [0.5, 0.6) is 0 Å². The number of aryl methyl sites for hydroxylation is 2. The zero-order valence-electron chi connectivity index (χ0n) is 12.3. The van der Waals surface area contributed by atoms with E-state index in [-0.39, 0.29) is 0 Å². The zero-order valence-corrected chi connectivity index (χ0v) is 12.3. The molecule has 0 unspecified atom stereocenters. The molecule has 3 nitrogen and oxygen atoms in total. The van der Waals surface area contributed by atoms with Crippen molar-refractivity contribution < 1.29 is 0 Å². The summed E-state index contributed by atoms with van der Waals surface area (Å²) in [6.45, 7) is 3.94. The Morgan fingerprint density at radius 1 is 1.47 bits per heavy atom. The van der Waals surface area contributed by atoms with Crippen LogP contribution in [0.3, 0.4) is 0 Å². The molecule has 0 saturated heterocycles. The molecule has 1 heterocycles. The summed E-state index contributed by atoms with van der Waals surface area (Å²) in [7, 11) is 4.11. The summed E-state index contributed by atoms with van der Waals surface area (Å²) < 4.78 is 0. The minimum atomic E-state index is 0.572. The summed E-state index contributed by atoms with van der Waals surface area (Å²) in [5.41, 5.74) is 12.6. The van der Waals surface area contributed by atoms with Crippen LogP contribution >= 0.6 is 0 Å². The second kappa shape index (κ2) is 6.11. The number of benzene rings is 1. The van der Waals surface area contributed by atoms with E-state index in [1.54, 1.807) is 0 Å². The third kappa shape index (κ3) is 2.76. The van der Waals surface area contributed by atoms with Gasteiger partial charge in [-0.2, -0.15) is 0 Å². The quantitative estimate of drug-likeness (QED) is 0.870. The molecule has 1 aliphatic heterocycles. The van der Waals surface area contributed by atoms with E-state index >= 15 is 0 Å². The molecule has 0 spiro atoms. The summed E-state index contributed by atoms with van der Waals surface area (Å²) in [6.07, 6.45) is 5.47. The van der Waals surface area contributed by atoms with Crippen molar-refractivity contribution in [3.63, 3.8) is 0 Å². The van der Waals surface area contributed by atoms with Crippen LogP contribution in [0.15, 0.2) is 18.3 Å². The van der Waals surface area contributed by atoms with E-state index in [4.69, 9.17) is 5.73 Å². The summed E-state index contributed by atoms with van der Waals surface area (Å²) in [6, 6.07) is 4.70. The number of rotatable bonds is 4. The highest BCUT2D eigenvalue weighted by atomic mass is 15.1. The van der Waals surface area contributed by atoms with Crippen LogP contribution in [0.4, 0.5) is 5.69 Å². The van der Waals surface area contributed by atoms with E-state index in [0.717, 1.165) is 13.0 Å². The maximum absolute atomic E-state index is 5.90. The topological polar surface area (TPSA) is 41.3 Å². The van der Waals surface area contributed by atoms with Crippen LogP contribution in [-0.4, -0.2) is 27.2 Å². The smallest absolute Gasteiger partial charge is 0.0399 e. The van der Waals surface area contributed by atoms with Crippen molar-refractivity contribution in [1.29, 1.82) is 0 Å². The van der Waals surface area contributed by atoms with Gasteiger partial charge in [0, 0.05) is 39.1 Å². The molecule has 0 bridgehead atoms. The van der Waals surface area contributed by atoms with Gasteiger partial charge in [-0.25, -0.2) is 0 Å². The SMILES string of the molecule is CCc1cc2c(cc1/C(=C/NC)CN)CCCN2C. The van der Waals surface area contributed by atoms with E-state index in [1.807, 2.05) is 13.2 Å². The lowest BCUT2D eigenvalue weighted by molar-refractivity contribution is 0.742. The van der Waals surface area contributed by atoms with Gasteiger partial charge in [0.15, 0.2) is 0 Å². The van der Waals surface area contributed by atoms with Crippen molar-refractivity contribution in [2.24, 2.45) is 5.73 Å². The van der Waals surface area contributed by atoms with E-state index in [1.165, 1.54) is 40.8 Å². The third-order valence-electron chi connectivity index (χ3n) is 3.92. The summed E-state index contributed by atoms with van der Waals surface area (Å²) in [5.74, 6) is 0. The first-order chi connectivity index (χ1) is 9.21. The Bertz CT molecular complexity index is 477. The van der Waals surface area contributed by atoms with Crippen LogP contribution in [0.1, 0.15) is 30.0 Å². The molecule has 3 heteroatoms. The molecule has 1 aromatic carbocycles. The predicted molar refractivity (Wildman–Crippen MR) is 83.5 cm³/mol.